The van der Waals surface area contributed by atoms with Crippen LogP contribution in [0.25, 0.3) is 10.9 Å². The first-order valence-electron chi connectivity index (χ1n) is 6.97. The van der Waals surface area contributed by atoms with Gasteiger partial charge in [-0.15, -0.1) is 0 Å². The Bertz CT molecular complexity index is 661. The molecule has 1 saturated heterocycles. The third-order valence-electron chi connectivity index (χ3n) is 4.04. The first-order valence-corrected chi connectivity index (χ1v) is 6.97. The van der Waals surface area contributed by atoms with E-state index >= 15 is 0 Å². The number of hydrogen-bond donors (Lipinski definition) is 1. The lowest BCUT2D eigenvalue weighted by Gasteiger charge is -2.15. The number of amides is 1. The van der Waals surface area contributed by atoms with Crippen molar-refractivity contribution in [1.29, 1.82) is 0 Å². The Morgan fingerprint density at radius 2 is 2.10 bits per heavy atom. The minimum Gasteiger partial charge on any atom is -0.481 e. The lowest BCUT2D eigenvalue weighted by molar-refractivity contribution is -0.142. The minimum atomic E-state index is -0.831. The summed E-state index contributed by atoms with van der Waals surface area (Å²) >= 11 is 0. The summed E-state index contributed by atoms with van der Waals surface area (Å²) in [6.45, 7) is 2.80. The highest BCUT2D eigenvalue weighted by Crippen LogP contribution is 2.23. The summed E-state index contributed by atoms with van der Waals surface area (Å²) < 4.78 is 1.62. The number of aliphatic carboxylic acids is 1. The van der Waals surface area contributed by atoms with Crippen LogP contribution in [0.1, 0.15) is 6.92 Å². The molecule has 3 rings (SSSR count). The maximum Gasteiger partial charge on any atom is 0.308 e. The van der Waals surface area contributed by atoms with Gasteiger partial charge in [-0.3, -0.25) is 14.3 Å². The van der Waals surface area contributed by atoms with Crippen LogP contribution in [0, 0.1) is 11.8 Å². The van der Waals surface area contributed by atoms with Crippen molar-refractivity contribution in [2.75, 3.05) is 13.1 Å². The first kappa shape index (κ1) is 13.6. The van der Waals surface area contributed by atoms with E-state index in [1.54, 1.807) is 9.58 Å². The highest BCUT2D eigenvalue weighted by Gasteiger charge is 2.36. The van der Waals surface area contributed by atoms with Gasteiger partial charge in [0.1, 0.15) is 6.54 Å². The second-order valence-electron chi connectivity index (χ2n) is 5.61. The second kappa shape index (κ2) is 5.20. The molecule has 1 amide bonds. The van der Waals surface area contributed by atoms with Crippen LogP contribution in [0.15, 0.2) is 30.5 Å². The highest BCUT2D eigenvalue weighted by molar-refractivity contribution is 5.81. The largest absolute Gasteiger partial charge is 0.481 e. The van der Waals surface area contributed by atoms with Crippen LogP contribution in [0.4, 0.5) is 0 Å². The molecule has 2 heterocycles. The van der Waals surface area contributed by atoms with Crippen molar-refractivity contribution >= 4 is 22.8 Å². The normalized spacial score (nSPS) is 21.9. The number of benzene rings is 1. The molecule has 6 heteroatoms. The van der Waals surface area contributed by atoms with Crippen LogP contribution in [-0.4, -0.2) is 44.8 Å². The van der Waals surface area contributed by atoms with E-state index in [0.717, 1.165) is 10.9 Å². The maximum absolute atomic E-state index is 12.3. The van der Waals surface area contributed by atoms with Gasteiger partial charge in [0.2, 0.25) is 5.91 Å². The number of hydrogen-bond acceptors (Lipinski definition) is 3. The number of carbonyl (C=O) groups excluding carboxylic acids is 1. The molecule has 0 unspecified atom stereocenters. The van der Waals surface area contributed by atoms with Crippen molar-refractivity contribution in [2.24, 2.45) is 11.8 Å². The van der Waals surface area contributed by atoms with Crippen LogP contribution >= 0.6 is 0 Å². The van der Waals surface area contributed by atoms with Crippen molar-refractivity contribution in [1.82, 2.24) is 14.7 Å². The Balaban J connectivity index is 1.70. The monoisotopic (exact) mass is 287 g/mol. The molecule has 1 aliphatic heterocycles. The Morgan fingerprint density at radius 1 is 1.33 bits per heavy atom. The summed E-state index contributed by atoms with van der Waals surface area (Å²) in [6, 6.07) is 7.67. The zero-order chi connectivity index (χ0) is 15.0. The molecule has 110 valence electrons. The maximum atomic E-state index is 12.3. The van der Waals surface area contributed by atoms with E-state index in [9.17, 15) is 9.59 Å². The highest BCUT2D eigenvalue weighted by atomic mass is 16.4. The predicted octanol–water partition coefficient (Wildman–Crippen LogP) is 1.22. The van der Waals surface area contributed by atoms with Gasteiger partial charge in [0.05, 0.1) is 11.4 Å². The standard InChI is InChI=1S/C15H17N3O3/c1-10-6-17(8-12(10)15(20)21)14(19)9-18-7-11-4-2-3-5-13(11)16-18/h2-5,7,10,12H,6,8-9H2,1H3,(H,20,21)/t10-,12-/m1/s1. The fourth-order valence-corrected chi connectivity index (χ4v) is 2.83. The first-order chi connectivity index (χ1) is 10.0. The number of rotatable bonds is 3. The zero-order valence-corrected chi connectivity index (χ0v) is 11.8. The topological polar surface area (TPSA) is 75.4 Å². The summed E-state index contributed by atoms with van der Waals surface area (Å²) in [5, 5.41) is 14.5. The molecule has 0 radical (unpaired) electrons. The SMILES string of the molecule is C[C@@H]1CN(C(=O)Cn2cc3ccccc3n2)C[C@H]1C(=O)O. The molecule has 0 spiro atoms. The number of carboxylic acid groups (broad SMARTS) is 1. The Hall–Kier alpha value is -2.37. The number of carbonyl (C=O) groups is 2. The summed E-state index contributed by atoms with van der Waals surface area (Å²) in [5.41, 5.74) is 0.850. The van der Waals surface area contributed by atoms with Gasteiger partial charge in [-0.1, -0.05) is 25.1 Å². The zero-order valence-electron chi connectivity index (χ0n) is 11.8. The van der Waals surface area contributed by atoms with Crippen LogP contribution in [-0.2, 0) is 16.1 Å². The molecule has 1 N–H and O–H groups in total. The predicted molar refractivity (Wildman–Crippen MR) is 76.6 cm³/mol. The van der Waals surface area contributed by atoms with Gasteiger partial charge in [-0.2, -0.15) is 5.10 Å². The molecular weight excluding hydrogens is 270 g/mol. The average Bonchev–Trinajstić information content (AvgIpc) is 3.01. The van der Waals surface area contributed by atoms with Gasteiger partial charge >= 0.3 is 5.97 Å². The minimum absolute atomic E-state index is 0.0110. The molecule has 6 nitrogen and oxygen atoms in total. The van der Waals surface area contributed by atoms with Gasteiger partial charge in [0.25, 0.3) is 0 Å². The number of fused-ring (bicyclic) bond motifs is 1. The summed E-state index contributed by atoms with van der Waals surface area (Å²) in [7, 11) is 0. The molecule has 21 heavy (non-hydrogen) atoms. The van der Waals surface area contributed by atoms with Crippen molar-refractivity contribution in [2.45, 2.75) is 13.5 Å². The van der Waals surface area contributed by atoms with Gasteiger partial charge in [0, 0.05) is 24.7 Å². The summed E-state index contributed by atoms with van der Waals surface area (Å²) in [5.74, 6) is -1.39. The number of aromatic nitrogens is 2. The Labute approximate surface area is 122 Å². The molecule has 1 aliphatic rings. The van der Waals surface area contributed by atoms with Crippen LogP contribution in [0.2, 0.25) is 0 Å². The fourth-order valence-electron chi connectivity index (χ4n) is 2.83. The number of nitrogens with zero attached hydrogens (tertiary/aromatic N) is 3. The van der Waals surface area contributed by atoms with Crippen LogP contribution in [0.5, 0.6) is 0 Å². The molecular formula is C15H17N3O3. The van der Waals surface area contributed by atoms with Crippen molar-refractivity contribution in [3.05, 3.63) is 30.5 Å². The molecule has 2 atom stereocenters. The second-order valence-corrected chi connectivity index (χ2v) is 5.61. The van der Waals surface area contributed by atoms with E-state index in [2.05, 4.69) is 5.10 Å². The molecule has 1 aromatic heterocycles. The van der Waals surface area contributed by atoms with E-state index in [0.29, 0.717) is 6.54 Å². The molecule has 0 bridgehead atoms. The quantitative estimate of drug-likeness (QED) is 0.921. The number of carboxylic acids is 1. The van der Waals surface area contributed by atoms with Crippen LogP contribution < -0.4 is 0 Å². The van der Waals surface area contributed by atoms with E-state index in [-0.39, 0.29) is 24.9 Å². The van der Waals surface area contributed by atoms with Gasteiger partial charge in [-0.05, 0) is 12.0 Å². The third-order valence-corrected chi connectivity index (χ3v) is 4.04. The van der Waals surface area contributed by atoms with E-state index in [1.165, 1.54) is 0 Å². The van der Waals surface area contributed by atoms with E-state index in [4.69, 9.17) is 5.11 Å². The smallest absolute Gasteiger partial charge is 0.308 e. The Morgan fingerprint density at radius 3 is 2.76 bits per heavy atom. The third kappa shape index (κ3) is 2.61. The Kier molecular flexibility index (Phi) is 3.37. The lowest BCUT2D eigenvalue weighted by atomic mass is 9.99. The molecule has 2 aromatic rings. The van der Waals surface area contributed by atoms with E-state index in [1.807, 2.05) is 37.4 Å². The average molecular weight is 287 g/mol. The van der Waals surface area contributed by atoms with Gasteiger partial charge in [0.15, 0.2) is 0 Å². The van der Waals surface area contributed by atoms with Crippen molar-refractivity contribution in [3.8, 4) is 0 Å². The van der Waals surface area contributed by atoms with Crippen molar-refractivity contribution < 1.29 is 14.7 Å². The lowest BCUT2D eigenvalue weighted by Crippen LogP contribution is -2.33. The fraction of sp³-hybridized carbons (Fsp3) is 0.400. The molecule has 0 saturated carbocycles. The molecule has 0 aliphatic carbocycles. The molecule has 1 fully saturated rings. The number of likely N-dealkylation sites (tertiary alicyclic amines) is 1. The van der Waals surface area contributed by atoms with Gasteiger partial charge in [-0.25, -0.2) is 0 Å². The van der Waals surface area contributed by atoms with Crippen LogP contribution in [0.3, 0.4) is 0 Å². The van der Waals surface area contributed by atoms with Crippen molar-refractivity contribution in [3.63, 3.8) is 0 Å². The molecule has 1 aromatic carbocycles. The van der Waals surface area contributed by atoms with E-state index < -0.39 is 11.9 Å². The summed E-state index contributed by atoms with van der Waals surface area (Å²) in [6.07, 6.45) is 1.83. The van der Waals surface area contributed by atoms with Gasteiger partial charge < -0.3 is 10.0 Å². The summed E-state index contributed by atoms with van der Waals surface area (Å²) in [4.78, 5) is 25.0.